The van der Waals surface area contributed by atoms with Crippen molar-refractivity contribution in [3.8, 4) is 5.75 Å². The Morgan fingerprint density at radius 1 is 1.20 bits per heavy atom. The lowest BCUT2D eigenvalue weighted by atomic mass is 9.55. The molecule has 3 aliphatic rings. The quantitative estimate of drug-likeness (QED) is 0.260. The van der Waals surface area contributed by atoms with E-state index in [9.17, 15) is 39.9 Å². The number of nitrogens with two attached hydrogens (primary N) is 1. The number of aliphatic hydroxyl groups is 4. The zero-order valence-corrected chi connectivity index (χ0v) is 20.9. The highest BCUT2D eigenvalue weighted by Crippen LogP contribution is 2.57. The Hall–Kier alpha value is -2.82. The molecule has 5 atom stereocenters. The van der Waals surface area contributed by atoms with Gasteiger partial charge in [0, 0.05) is 34.3 Å². The number of hydrogen-bond acceptors (Lipinski definition) is 9. The third kappa shape index (κ3) is 3.19. The van der Waals surface area contributed by atoms with Crippen LogP contribution in [0.1, 0.15) is 56.7 Å². The summed E-state index contributed by atoms with van der Waals surface area (Å²) in [4.78, 5) is 38.8. The number of fused-ring (bicyclic) bond motifs is 3. The number of phenolic OH excluding ortho intramolecular Hbond substituents is 1. The molecule has 1 aromatic carbocycles. The molecule has 0 saturated heterocycles. The second-order valence-corrected chi connectivity index (χ2v) is 11.3. The third-order valence-electron chi connectivity index (χ3n) is 7.59. The van der Waals surface area contributed by atoms with Crippen LogP contribution in [0, 0.1) is 11.8 Å². The van der Waals surface area contributed by atoms with Crippen molar-refractivity contribution < 1.29 is 39.9 Å². The Bertz CT molecular complexity index is 1260. The van der Waals surface area contributed by atoms with Crippen molar-refractivity contribution in [1.29, 1.82) is 0 Å². The number of primary amides is 1. The summed E-state index contributed by atoms with van der Waals surface area (Å²) in [6.07, 6.45) is -0.311. The van der Waals surface area contributed by atoms with Gasteiger partial charge in [0.25, 0.3) is 5.91 Å². The van der Waals surface area contributed by atoms with Gasteiger partial charge in [-0.1, -0.05) is 27.7 Å². The molecule has 0 radical (unpaired) electrons. The first-order valence-electron chi connectivity index (χ1n) is 11.2. The minimum atomic E-state index is -2.84. The smallest absolute Gasteiger partial charge is 0.255 e. The number of aliphatic hydroxyl groups excluding tert-OH is 3. The predicted molar refractivity (Wildman–Crippen MR) is 128 cm³/mol. The maximum atomic E-state index is 13.7. The van der Waals surface area contributed by atoms with Crippen molar-refractivity contribution >= 4 is 35.0 Å². The summed E-state index contributed by atoms with van der Waals surface area (Å²) in [7, 11) is 0. The molecule has 1 amide bonds. The summed E-state index contributed by atoms with van der Waals surface area (Å²) in [6.45, 7) is 7.37. The summed E-state index contributed by atoms with van der Waals surface area (Å²) in [6, 6.07) is 1.82. The van der Waals surface area contributed by atoms with E-state index in [0.717, 1.165) is 4.90 Å². The lowest BCUT2D eigenvalue weighted by molar-refractivity contribution is -0.160. The SMILES string of the molecule is CSc1cc(C(C)(C)C)c(O)c2c1[C@H](C)[C@@H]1C(=C2O)C(=O)[C@]2(O)C(O)=C(C(N)=O)C(=O)C[C@@H]2[C@H]1O. The van der Waals surface area contributed by atoms with Crippen molar-refractivity contribution in [3.63, 3.8) is 0 Å². The van der Waals surface area contributed by atoms with Gasteiger partial charge in [-0.2, -0.15) is 0 Å². The van der Waals surface area contributed by atoms with Crippen LogP contribution in [0.25, 0.3) is 5.76 Å². The first-order chi connectivity index (χ1) is 16.1. The highest BCUT2D eigenvalue weighted by molar-refractivity contribution is 7.98. The van der Waals surface area contributed by atoms with Gasteiger partial charge < -0.3 is 31.3 Å². The monoisotopic (exact) mass is 503 g/mol. The fourth-order valence-electron chi connectivity index (χ4n) is 5.84. The third-order valence-corrected chi connectivity index (χ3v) is 8.36. The number of aromatic hydroxyl groups is 1. The highest BCUT2D eigenvalue weighted by Gasteiger charge is 2.65. The van der Waals surface area contributed by atoms with E-state index in [-0.39, 0.29) is 16.9 Å². The van der Waals surface area contributed by atoms with Gasteiger partial charge in [-0.25, -0.2) is 0 Å². The summed E-state index contributed by atoms with van der Waals surface area (Å²) in [5.41, 5.74) is 1.64. The van der Waals surface area contributed by atoms with E-state index in [0.29, 0.717) is 11.1 Å². The summed E-state index contributed by atoms with van der Waals surface area (Å²) in [5.74, 6) is -8.56. The molecule has 0 spiro atoms. The fraction of sp³-hybridized carbons (Fsp3) is 0.480. The van der Waals surface area contributed by atoms with Crippen molar-refractivity contribution in [2.24, 2.45) is 17.6 Å². The Labute approximate surface area is 206 Å². The Balaban J connectivity index is 2.07. The molecule has 0 aliphatic heterocycles. The number of ketones is 2. The van der Waals surface area contributed by atoms with Crippen LogP contribution in [-0.2, 0) is 19.8 Å². The Morgan fingerprint density at radius 3 is 2.31 bits per heavy atom. The topological polar surface area (TPSA) is 178 Å². The van der Waals surface area contributed by atoms with E-state index in [1.165, 1.54) is 11.8 Å². The number of phenols is 1. The van der Waals surface area contributed by atoms with Crippen LogP contribution in [0.5, 0.6) is 5.75 Å². The summed E-state index contributed by atoms with van der Waals surface area (Å²) < 4.78 is 0. The van der Waals surface area contributed by atoms with E-state index in [2.05, 4.69) is 0 Å². The lowest BCUT2D eigenvalue weighted by Crippen LogP contribution is -2.64. The number of Topliss-reactive ketones (excluding diaryl/α,β-unsaturated/α-hetero) is 2. The molecule has 188 valence electrons. The first-order valence-corrected chi connectivity index (χ1v) is 12.4. The molecular formula is C25H29NO8S. The molecule has 10 heteroatoms. The molecule has 1 aromatic rings. The van der Waals surface area contributed by atoms with Crippen LogP contribution < -0.4 is 5.73 Å². The predicted octanol–water partition coefficient (Wildman–Crippen LogP) is 1.98. The summed E-state index contributed by atoms with van der Waals surface area (Å²) >= 11 is 1.38. The Kier molecular flexibility index (Phi) is 5.66. The van der Waals surface area contributed by atoms with Crippen molar-refractivity contribution in [2.45, 2.75) is 62.0 Å². The minimum absolute atomic E-state index is 0.0219. The number of benzene rings is 1. The number of thioether (sulfide) groups is 1. The molecule has 1 saturated carbocycles. The highest BCUT2D eigenvalue weighted by atomic mass is 32.2. The van der Waals surface area contributed by atoms with Gasteiger partial charge >= 0.3 is 0 Å². The normalized spacial score (nSPS) is 30.7. The van der Waals surface area contributed by atoms with E-state index in [1.54, 1.807) is 6.92 Å². The zero-order valence-electron chi connectivity index (χ0n) is 20.0. The molecule has 1 fully saturated rings. The molecule has 0 unspecified atom stereocenters. The van der Waals surface area contributed by atoms with Gasteiger partial charge in [-0.3, -0.25) is 14.4 Å². The maximum Gasteiger partial charge on any atom is 0.255 e. The standard InChI is InChI=1S/C25H29NO8S/c1-8-13-12(35-5)7-9(24(2,3)4)18(28)16(13)20(30)17-14(8)19(29)10-6-11(27)15(23(26)33)21(31)25(10,34)22(17)32/h7-8,10,14,19,28-31,34H,6H2,1-5H3,(H2,26,33)/t8-,10+,14+,19+,25+/m0/s1. The number of rotatable bonds is 2. The molecule has 35 heavy (non-hydrogen) atoms. The molecule has 0 aromatic heterocycles. The van der Waals surface area contributed by atoms with E-state index in [4.69, 9.17) is 5.73 Å². The average Bonchev–Trinajstić information content (AvgIpc) is 2.75. The van der Waals surface area contributed by atoms with Crippen LogP contribution in [0.15, 0.2) is 27.9 Å². The van der Waals surface area contributed by atoms with Crippen molar-refractivity contribution in [1.82, 2.24) is 0 Å². The maximum absolute atomic E-state index is 13.7. The number of carbonyl (C=O) groups is 3. The number of amides is 1. The van der Waals surface area contributed by atoms with Crippen LogP contribution in [-0.4, -0.2) is 61.0 Å². The van der Waals surface area contributed by atoms with Crippen LogP contribution in [0.3, 0.4) is 0 Å². The molecule has 9 nitrogen and oxygen atoms in total. The van der Waals surface area contributed by atoms with Crippen LogP contribution in [0.4, 0.5) is 0 Å². The van der Waals surface area contributed by atoms with Crippen molar-refractivity contribution in [2.75, 3.05) is 6.26 Å². The van der Waals surface area contributed by atoms with Gasteiger partial charge in [-0.15, -0.1) is 11.8 Å². The minimum Gasteiger partial charge on any atom is -0.508 e. The number of hydrogen-bond donors (Lipinski definition) is 6. The molecule has 0 bridgehead atoms. The van der Waals surface area contributed by atoms with E-state index < -0.39 is 75.9 Å². The first kappa shape index (κ1) is 25.3. The fourth-order valence-corrected chi connectivity index (χ4v) is 6.59. The van der Waals surface area contributed by atoms with Gasteiger partial charge in [0.05, 0.1) is 11.7 Å². The molecule has 0 heterocycles. The van der Waals surface area contributed by atoms with E-state index in [1.807, 2.05) is 33.1 Å². The molecule has 7 N–H and O–H groups in total. The van der Waals surface area contributed by atoms with E-state index >= 15 is 0 Å². The lowest BCUT2D eigenvalue weighted by Gasteiger charge is -2.50. The molecule has 4 rings (SSSR count). The summed E-state index contributed by atoms with van der Waals surface area (Å²) in [5, 5.41) is 56.0. The number of carbonyl (C=O) groups excluding carboxylic acids is 3. The second-order valence-electron chi connectivity index (χ2n) is 10.5. The Morgan fingerprint density at radius 2 is 1.80 bits per heavy atom. The largest absolute Gasteiger partial charge is 0.508 e. The van der Waals surface area contributed by atoms with Crippen LogP contribution in [0.2, 0.25) is 0 Å². The second kappa shape index (κ2) is 7.84. The van der Waals surface area contributed by atoms with Crippen molar-refractivity contribution in [3.05, 3.63) is 39.7 Å². The van der Waals surface area contributed by atoms with Gasteiger partial charge in [-0.05, 0) is 29.2 Å². The molecular weight excluding hydrogens is 474 g/mol. The van der Waals surface area contributed by atoms with Gasteiger partial charge in [0.2, 0.25) is 5.78 Å². The van der Waals surface area contributed by atoms with Gasteiger partial charge in [0.1, 0.15) is 22.8 Å². The van der Waals surface area contributed by atoms with Gasteiger partial charge in [0.15, 0.2) is 11.4 Å². The van der Waals surface area contributed by atoms with Crippen LogP contribution >= 0.6 is 11.8 Å². The molecule has 3 aliphatic carbocycles. The average molecular weight is 504 g/mol. The zero-order chi connectivity index (χ0) is 26.4.